The molecule has 0 aliphatic heterocycles. The number of sulfone groups is 1. The number of aromatic hydroxyl groups is 2. The predicted octanol–water partition coefficient (Wildman–Crippen LogP) is 4.07. The normalized spacial score (nSPS) is 12.8. The van der Waals surface area contributed by atoms with Crippen molar-refractivity contribution < 1.29 is 32.6 Å². The standard InChI is InChI=1S/C21H24ClFN2O6S/c1-5-15(32(30,31)12-8-6-11(26)7-9-12)19(28)25-17-13(23)10-14(18(27)16(17)22)24-20(29)21(2,3)4/h6-10,15,26-27H,5H2,1-4H3,(H,24,29)(H,25,28). The van der Waals surface area contributed by atoms with E-state index in [1.807, 2.05) is 0 Å². The Hall–Kier alpha value is -2.85. The van der Waals surface area contributed by atoms with Crippen LogP contribution in [-0.2, 0) is 19.4 Å². The number of carbonyl (C=O) groups excluding carboxylic acids is 2. The van der Waals surface area contributed by atoms with Crippen LogP contribution < -0.4 is 10.6 Å². The Labute approximate surface area is 190 Å². The van der Waals surface area contributed by atoms with Crippen LogP contribution in [0.25, 0.3) is 0 Å². The maximum atomic E-state index is 14.7. The maximum absolute atomic E-state index is 14.7. The quantitative estimate of drug-likeness (QED) is 0.455. The van der Waals surface area contributed by atoms with Crippen LogP contribution in [0.1, 0.15) is 34.1 Å². The molecule has 0 heterocycles. The summed E-state index contributed by atoms with van der Waals surface area (Å²) in [5, 5.41) is 21.9. The first-order chi connectivity index (χ1) is 14.7. The molecule has 174 valence electrons. The third kappa shape index (κ3) is 5.31. The summed E-state index contributed by atoms with van der Waals surface area (Å²) in [5.74, 6) is -3.49. The highest BCUT2D eigenvalue weighted by Gasteiger charge is 2.34. The van der Waals surface area contributed by atoms with Gasteiger partial charge in [-0.05, 0) is 30.7 Å². The van der Waals surface area contributed by atoms with E-state index in [9.17, 15) is 32.6 Å². The van der Waals surface area contributed by atoms with Gasteiger partial charge >= 0.3 is 0 Å². The maximum Gasteiger partial charge on any atom is 0.243 e. The van der Waals surface area contributed by atoms with E-state index in [1.165, 1.54) is 6.92 Å². The van der Waals surface area contributed by atoms with Gasteiger partial charge in [0, 0.05) is 11.5 Å². The predicted molar refractivity (Wildman–Crippen MR) is 119 cm³/mol. The van der Waals surface area contributed by atoms with Crippen LogP contribution in [0.4, 0.5) is 15.8 Å². The average Bonchev–Trinajstić information content (AvgIpc) is 2.69. The molecule has 0 aliphatic rings. The van der Waals surface area contributed by atoms with E-state index in [4.69, 9.17) is 11.6 Å². The molecule has 0 saturated heterocycles. The second-order valence-corrected chi connectivity index (χ2v) is 10.6. The summed E-state index contributed by atoms with van der Waals surface area (Å²) in [7, 11) is -4.17. The number of halogens is 2. The molecule has 0 spiro atoms. The second-order valence-electron chi connectivity index (χ2n) is 8.07. The number of carbonyl (C=O) groups is 2. The molecule has 1 unspecified atom stereocenters. The van der Waals surface area contributed by atoms with Crippen molar-refractivity contribution in [2.75, 3.05) is 10.6 Å². The van der Waals surface area contributed by atoms with Gasteiger partial charge in [0.1, 0.15) is 16.0 Å². The molecular formula is C21H24ClFN2O6S. The van der Waals surface area contributed by atoms with E-state index in [0.29, 0.717) is 0 Å². The zero-order valence-corrected chi connectivity index (χ0v) is 19.4. The minimum atomic E-state index is -4.17. The van der Waals surface area contributed by atoms with Crippen LogP contribution >= 0.6 is 11.6 Å². The fourth-order valence-electron chi connectivity index (χ4n) is 2.68. The minimum absolute atomic E-state index is 0.139. The molecule has 0 aliphatic carbocycles. The summed E-state index contributed by atoms with van der Waals surface area (Å²) in [4.78, 5) is 24.6. The zero-order valence-electron chi connectivity index (χ0n) is 17.9. The summed E-state index contributed by atoms with van der Waals surface area (Å²) >= 11 is 6.01. The molecule has 8 nitrogen and oxygen atoms in total. The first-order valence-corrected chi connectivity index (χ1v) is 11.5. The lowest BCUT2D eigenvalue weighted by Gasteiger charge is -2.20. The highest BCUT2D eigenvalue weighted by atomic mass is 35.5. The molecule has 1 atom stereocenters. The molecule has 4 N–H and O–H groups in total. The van der Waals surface area contributed by atoms with Gasteiger partial charge in [0.15, 0.2) is 21.4 Å². The molecule has 2 rings (SSSR count). The minimum Gasteiger partial charge on any atom is -0.508 e. The van der Waals surface area contributed by atoms with Crippen molar-refractivity contribution in [1.29, 1.82) is 0 Å². The third-order valence-corrected chi connectivity index (χ3v) is 7.17. The zero-order chi connectivity index (χ0) is 24.4. The Morgan fingerprint density at radius 1 is 1.12 bits per heavy atom. The van der Waals surface area contributed by atoms with E-state index < -0.39 is 54.6 Å². The number of hydrogen-bond donors (Lipinski definition) is 4. The summed E-state index contributed by atoms with van der Waals surface area (Å²) in [6.07, 6.45) is -0.139. The van der Waals surface area contributed by atoms with Gasteiger partial charge in [-0.25, -0.2) is 12.8 Å². The molecule has 0 aromatic heterocycles. The lowest BCUT2D eigenvalue weighted by atomic mass is 9.95. The van der Waals surface area contributed by atoms with Crippen molar-refractivity contribution in [3.63, 3.8) is 0 Å². The smallest absolute Gasteiger partial charge is 0.243 e. The number of anilines is 2. The first-order valence-electron chi connectivity index (χ1n) is 9.56. The lowest BCUT2D eigenvalue weighted by molar-refractivity contribution is -0.123. The summed E-state index contributed by atoms with van der Waals surface area (Å²) in [5.41, 5.74) is -1.75. The summed E-state index contributed by atoms with van der Waals surface area (Å²) in [6, 6.07) is 5.39. The molecule has 0 bridgehead atoms. The molecule has 0 fully saturated rings. The number of phenolic OH excluding ortho intramolecular Hbond substituents is 2. The number of rotatable bonds is 6. The van der Waals surface area contributed by atoms with Crippen LogP contribution in [0.2, 0.25) is 5.02 Å². The van der Waals surface area contributed by atoms with E-state index in [0.717, 1.165) is 30.3 Å². The molecule has 32 heavy (non-hydrogen) atoms. The average molecular weight is 487 g/mol. The van der Waals surface area contributed by atoms with E-state index in [1.54, 1.807) is 20.8 Å². The van der Waals surface area contributed by atoms with Crippen LogP contribution in [0, 0.1) is 11.2 Å². The highest BCUT2D eigenvalue weighted by Crippen LogP contribution is 2.40. The van der Waals surface area contributed by atoms with Crippen LogP contribution in [0.15, 0.2) is 35.2 Å². The van der Waals surface area contributed by atoms with Crippen LogP contribution in [-0.4, -0.2) is 35.7 Å². The Kier molecular flexibility index (Phi) is 7.41. The molecule has 2 aromatic rings. The van der Waals surface area contributed by atoms with E-state index in [2.05, 4.69) is 10.6 Å². The SMILES string of the molecule is CCC(C(=O)Nc1c(F)cc(NC(=O)C(C)(C)C)c(O)c1Cl)S(=O)(=O)c1ccc(O)cc1. The molecule has 0 saturated carbocycles. The van der Waals surface area contributed by atoms with Gasteiger partial charge in [-0.1, -0.05) is 39.3 Å². The van der Waals surface area contributed by atoms with Gasteiger partial charge in [0.25, 0.3) is 0 Å². The number of phenols is 2. The molecule has 11 heteroatoms. The monoisotopic (exact) mass is 486 g/mol. The van der Waals surface area contributed by atoms with Crippen molar-refractivity contribution in [1.82, 2.24) is 0 Å². The fraction of sp³-hybridized carbons (Fsp3) is 0.333. The first kappa shape index (κ1) is 25.4. The van der Waals surface area contributed by atoms with Gasteiger partial charge in [-0.15, -0.1) is 0 Å². The largest absolute Gasteiger partial charge is 0.508 e. The Morgan fingerprint density at radius 3 is 2.19 bits per heavy atom. The molecule has 2 aromatic carbocycles. The van der Waals surface area contributed by atoms with Crippen molar-refractivity contribution in [3.05, 3.63) is 41.2 Å². The topological polar surface area (TPSA) is 133 Å². The van der Waals surface area contributed by atoms with Gasteiger partial charge in [0.05, 0.1) is 16.3 Å². The Bertz CT molecular complexity index is 1140. The molecular weight excluding hydrogens is 463 g/mol. The number of hydrogen-bond acceptors (Lipinski definition) is 6. The van der Waals surface area contributed by atoms with Crippen LogP contribution in [0.5, 0.6) is 11.5 Å². The van der Waals surface area contributed by atoms with Crippen molar-refractivity contribution in [2.24, 2.45) is 5.41 Å². The van der Waals surface area contributed by atoms with Crippen LogP contribution in [0.3, 0.4) is 0 Å². The van der Waals surface area contributed by atoms with Crippen molar-refractivity contribution >= 4 is 44.6 Å². The Balaban J connectivity index is 2.36. The Morgan fingerprint density at radius 2 is 1.69 bits per heavy atom. The molecule has 2 amide bonds. The fourth-order valence-corrected chi connectivity index (χ4v) is 4.54. The van der Waals surface area contributed by atoms with Gasteiger partial charge in [-0.2, -0.15) is 0 Å². The van der Waals surface area contributed by atoms with E-state index in [-0.39, 0.29) is 22.8 Å². The summed E-state index contributed by atoms with van der Waals surface area (Å²) < 4.78 is 40.4. The van der Waals surface area contributed by atoms with Gasteiger partial charge in [-0.3, -0.25) is 9.59 Å². The van der Waals surface area contributed by atoms with E-state index >= 15 is 0 Å². The van der Waals surface area contributed by atoms with Gasteiger partial charge < -0.3 is 20.8 Å². The number of amides is 2. The summed E-state index contributed by atoms with van der Waals surface area (Å²) in [6.45, 7) is 6.31. The molecule has 0 radical (unpaired) electrons. The second kappa shape index (κ2) is 9.33. The third-order valence-electron chi connectivity index (χ3n) is 4.57. The van der Waals surface area contributed by atoms with Crippen molar-refractivity contribution in [3.8, 4) is 11.5 Å². The lowest BCUT2D eigenvalue weighted by Crippen LogP contribution is -2.35. The number of nitrogens with one attached hydrogen (secondary N) is 2. The van der Waals surface area contributed by atoms with Gasteiger partial charge in [0.2, 0.25) is 11.8 Å². The highest BCUT2D eigenvalue weighted by molar-refractivity contribution is 7.92. The number of benzene rings is 2. The van der Waals surface area contributed by atoms with Crippen molar-refractivity contribution in [2.45, 2.75) is 44.3 Å².